The smallest absolute Gasteiger partial charge is 0.253 e. The molecular formula is C22H25N3OS. The predicted octanol–water partition coefficient (Wildman–Crippen LogP) is 4.55. The second-order valence-electron chi connectivity index (χ2n) is 7.27. The van der Waals surface area contributed by atoms with E-state index >= 15 is 0 Å². The molecule has 4 nitrogen and oxygen atoms in total. The number of carbonyl (C=O) groups is 1. The number of aromatic nitrogens is 1. The van der Waals surface area contributed by atoms with E-state index in [1.165, 1.54) is 37.9 Å². The van der Waals surface area contributed by atoms with Gasteiger partial charge < -0.3 is 4.90 Å². The van der Waals surface area contributed by atoms with Crippen LogP contribution < -0.4 is 0 Å². The Morgan fingerprint density at radius 1 is 1.07 bits per heavy atom. The van der Waals surface area contributed by atoms with Crippen molar-refractivity contribution < 1.29 is 4.79 Å². The zero-order valence-electron chi connectivity index (χ0n) is 15.7. The van der Waals surface area contributed by atoms with Crippen molar-refractivity contribution >= 4 is 27.5 Å². The summed E-state index contributed by atoms with van der Waals surface area (Å²) < 4.78 is 1.16. The van der Waals surface area contributed by atoms with Crippen molar-refractivity contribution in [2.24, 2.45) is 0 Å². The maximum Gasteiger partial charge on any atom is 0.253 e. The minimum absolute atomic E-state index is 0.0405. The number of para-hydroxylation sites is 1. The van der Waals surface area contributed by atoms with Crippen LogP contribution in [0.25, 0.3) is 10.2 Å². The lowest BCUT2D eigenvalue weighted by Crippen LogP contribution is -2.29. The van der Waals surface area contributed by atoms with Crippen molar-refractivity contribution in [2.45, 2.75) is 32.4 Å². The van der Waals surface area contributed by atoms with Gasteiger partial charge in [-0.3, -0.25) is 9.69 Å². The van der Waals surface area contributed by atoms with Crippen molar-refractivity contribution in [1.82, 2.24) is 14.8 Å². The van der Waals surface area contributed by atoms with Crippen molar-refractivity contribution in [3.8, 4) is 0 Å². The third-order valence-electron chi connectivity index (χ3n) is 5.11. The first-order chi connectivity index (χ1) is 13.2. The average Bonchev–Trinajstić information content (AvgIpc) is 3.11. The number of benzene rings is 2. The van der Waals surface area contributed by atoms with Gasteiger partial charge in [-0.2, -0.15) is 0 Å². The number of amides is 1. The Balaban J connectivity index is 1.39. The van der Waals surface area contributed by atoms with Gasteiger partial charge in [0.2, 0.25) is 0 Å². The lowest BCUT2D eigenvalue weighted by Gasteiger charge is -2.26. The SMILES string of the molecule is CN(Cc1nc2ccccc2s1)C(=O)c1ccc(CN2CCCCC2)cc1. The Labute approximate surface area is 164 Å². The minimum atomic E-state index is 0.0405. The van der Waals surface area contributed by atoms with Gasteiger partial charge >= 0.3 is 0 Å². The Hall–Kier alpha value is -2.24. The van der Waals surface area contributed by atoms with E-state index in [0.717, 1.165) is 27.3 Å². The highest BCUT2D eigenvalue weighted by Gasteiger charge is 2.15. The number of fused-ring (bicyclic) bond motifs is 1. The van der Waals surface area contributed by atoms with Crippen LogP contribution >= 0.6 is 11.3 Å². The zero-order valence-corrected chi connectivity index (χ0v) is 16.5. The molecular weight excluding hydrogens is 354 g/mol. The number of piperidine rings is 1. The molecule has 0 aliphatic carbocycles. The molecule has 1 saturated heterocycles. The molecule has 4 rings (SSSR count). The van der Waals surface area contributed by atoms with Crippen LogP contribution in [0.3, 0.4) is 0 Å². The molecule has 5 heteroatoms. The Bertz CT molecular complexity index is 880. The molecule has 0 N–H and O–H groups in total. The number of nitrogens with zero attached hydrogens (tertiary/aromatic N) is 3. The maximum absolute atomic E-state index is 12.8. The molecule has 1 aliphatic rings. The molecule has 3 aromatic rings. The van der Waals surface area contributed by atoms with Gasteiger partial charge in [0.05, 0.1) is 16.8 Å². The number of likely N-dealkylation sites (tertiary alicyclic amines) is 1. The number of rotatable bonds is 5. The first-order valence-corrected chi connectivity index (χ1v) is 10.4. The summed E-state index contributed by atoms with van der Waals surface area (Å²) in [6, 6.07) is 16.2. The van der Waals surface area contributed by atoms with Gasteiger partial charge in [0, 0.05) is 19.2 Å². The molecule has 0 unspecified atom stereocenters. The Morgan fingerprint density at radius 3 is 2.56 bits per heavy atom. The molecule has 2 heterocycles. The van der Waals surface area contributed by atoms with E-state index in [1.807, 2.05) is 37.4 Å². The highest BCUT2D eigenvalue weighted by Crippen LogP contribution is 2.23. The van der Waals surface area contributed by atoms with Crippen LogP contribution in [0, 0.1) is 0 Å². The van der Waals surface area contributed by atoms with E-state index in [1.54, 1.807) is 16.2 Å². The second kappa shape index (κ2) is 8.19. The van der Waals surface area contributed by atoms with Crippen LogP contribution in [-0.4, -0.2) is 40.8 Å². The van der Waals surface area contributed by atoms with E-state index in [4.69, 9.17) is 0 Å². The number of hydrogen-bond acceptors (Lipinski definition) is 4. The van der Waals surface area contributed by atoms with Gasteiger partial charge in [-0.1, -0.05) is 30.7 Å². The van der Waals surface area contributed by atoms with E-state index in [9.17, 15) is 4.79 Å². The van der Waals surface area contributed by atoms with Gasteiger partial charge in [0.25, 0.3) is 5.91 Å². The normalized spacial score (nSPS) is 15.1. The lowest BCUT2D eigenvalue weighted by molar-refractivity contribution is 0.0785. The van der Waals surface area contributed by atoms with Crippen molar-refractivity contribution in [2.75, 3.05) is 20.1 Å². The average molecular weight is 380 g/mol. The molecule has 0 spiro atoms. The molecule has 0 radical (unpaired) electrons. The third kappa shape index (κ3) is 4.37. The molecule has 140 valence electrons. The summed E-state index contributed by atoms with van der Waals surface area (Å²) in [5.41, 5.74) is 3.02. The monoisotopic (exact) mass is 379 g/mol. The molecule has 27 heavy (non-hydrogen) atoms. The largest absolute Gasteiger partial charge is 0.335 e. The molecule has 1 amide bonds. The topological polar surface area (TPSA) is 36.4 Å². The molecule has 1 aliphatic heterocycles. The van der Waals surface area contributed by atoms with Crippen molar-refractivity contribution in [3.05, 3.63) is 64.7 Å². The summed E-state index contributed by atoms with van der Waals surface area (Å²) in [5.74, 6) is 0.0405. The van der Waals surface area contributed by atoms with Crippen LogP contribution in [0.4, 0.5) is 0 Å². The summed E-state index contributed by atoms with van der Waals surface area (Å²) in [6.07, 6.45) is 3.95. The highest BCUT2D eigenvalue weighted by atomic mass is 32.1. The molecule has 0 bridgehead atoms. The zero-order chi connectivity index (χ0) is 18.6. The van der Waals surface area contributed by atoms with E-state index in [0.29, 0.717) is 6.54 Å². The maximum atomic E-state index is 12.8. The first-order valence-electron chi connectivity index (χ1n) is 9.60. The number of thiazole rings is 1. The molecule has 0 saturated carbocycles. The summed E-state index contributed by atoms with van der Waals surface area (Å²) in [5, 5.41) is 0.966. The quantitative estimate of drug-likeness (QED) is 0.652. The van der Waals surface area contributed by atoms with Gasteiger partial charge in [0.1, 0.15) is 5.01 Å². The Kier molecular flexibility index (Phi) is 5.50. The van der Waals surface area contributed by atoms with E-state index in [-0.39, 0.29) is 5.91 Å². The number of carbonyl (C=O) groups excluding carboxylic acids is 1. The minimum Gasteiger partial charge on any atom is -0.335 e. The van der Waals surface area contributed by atoms with Gasteiger partial charge in [-0.15, -0.1) is 11.3 Å². The Morgan fingerprint density at radius 2 is 1.81 bits per heavy atom. The van der Waals surface area contributed by atoms with Crippen LogP contribution in [0.15, 0.2) is 48.5 Å². The summed E-state index contributed by atoms with van der Waals surface area (Å²) in [7, 11) is 1.84. The second-order valence-corrected chi connectivity index (χ2v) is 8.39. The van der Waals surface area contributed by atoms with Crippen molar-refractivity contribution in [3.63, 3.8) is 0 Å². The van der Waals surface area contributed by atoms with Crippen LogP contribution in [0.2, 0.25) is 0 Å². The summed E-state index contributed by atoms with van der Waals surface area (Å²) >= 11 is 1.65. The van der Waals surface area contributed by atoms with E-state index < -0.39 is 0 Å². The fraction of sp³-hybridized carbons (Fsp3) is 0.364. The lowest BCUT2D eigenvalue weighted by atomic mass is 10.1. The molecule has 0 atom stereocenters. The molecule has 1 aromatic heterocycles. The highest BCUT2D eigenvalue weighted by molar-refractivity contribution is 7.18. The van der Waals surface area contributed by atoms with Gasteiger partial charge in [-0.25, -0.2) is 4.98 Å². The standard InChI is InChI=1S/C22H25N3OS/c1-24(16-21-23-19-7-3-4-8-20(19)27-21)22(26)18-11-9-17(10-12-18)15-25-13-5-2-6-14-25/h3-4,7-12H,2,5-6,13-16H2,1H3. The number of hydrogen-bond donors (Lipinski definition) is 0. The van der Waals surface area contributed by atoms with E-state index in [2.05, 4.69) is 28.1 Å². The van der Waals surface area contributed by atoms with Crippen molar-refractivity contribution in [1.29, 1.82) is 0 Å². The molecule has 2 aromatic carbocycles. The third-order valence-corrected chi connectivity index (χ3v) is 6.13. The first kappa shape index (κ1) is 18.1. The summed E-state index contributed by atoms with van der Waals surface area (Å²) in [4.78, 5) is 21.6. The van der Waals surface area contributed by atoms with Gasteiger partial charge in [0.15, 0.2) is 0 Å². The molecule has 1 fully saturated rings. The fourth-order valence-corrected chi connectivity index (χ4v) is 4.63. The predicted molar refractivity (Wildman–Crippen MR) is 111 cm³/mol. The van der Waals surface area contributed by atoms with Crippen LogP contribution in [-0.2, 0) is 13.1 Å². The fourth-order valence-electron chi connectivity index (χ4n) is 3.61. The summed E-state index contributed by atoms with van der Waals surface area (Å²) in [6.45, 7) is 3.89. The van der Waals surface area contributed by atoms with Crippen LogP contribution in [0.1, 0.15) is 40.2 Å². The van der Waals surface area contributed by atoms with Gasteiger partial charge in [-0.05, 0) is 55.8 Å². The van der Waals surface area contributed by atoms with Crippen LogP contribution in [0.5, 0.6) is 0 Å².